The number of pyridine rings is 1. The molecule has 0 aromatic carbocycles. The minimum absolute atomic E-state index is 0.579. The molecule has 0 aliphatic rings. The Hall–Kier alpha value is -1.51. The summed E-state index contributed by atoms with van der Waals surface area (Å²) in [5, 5.41) is 0. The lowest BCUT2D eigenvalue weighted by Crippen LogP contribution is -2.17. The number of rotatable bonds is 3. The molecule has 0 fully saturated rings. The van der Waals surface area contributed by atoms with Gasteiger partial charge in [0.2, 0.25) is 0 Å². The van der Waals surface area contributed by atoms with E-state index in [0.29, 0.717) is 5.56 Å². The van der Waals surface area contributed by atoms with Gasteiger partial charge in [0.25, 0.3) is 0 Å². The highest BCUT2D eigenvalue weighted by molar-refractivity contribution is 6.13. The fourth-order valence-corrected chi connectivity index (χ4v) is 1.88. The largest absolute Gasteiger partial charge is 0.288 e. The van der Waals surface area contributed by atoms with Gasteiger partial charge in [0.1, 0.15) is 5.67 Å². The van der Waals surface area contributed by atoms with Crippen molar-refractivity contribution in [1.29, 1.82) is 0 Å². The standard InChI is InChI=1S/C15H21FN2/c1-7-10(2)14(17-6)12-8-11(3)18-9-13(12)15(4,5)16/h7-9H,1-6H3/b10-7-,17-14?. The van der Waals surface area contributed by atoms with Crippen LogP contribution in [0.25, 0.3) is 0 Å². The molecule has 0 N–H and O–H groups in total. The van der Waals surface area contributed by atoms with Gasteiger partial charge in [0, 0.05) is 30.1 Å². The third-order valence-electron chi connectivity index (χ3n) is 2.97. The van der Waals surface area contributed by atoms with Crippen molar-refractivity contribution in [2.45, 2.75) is 40.3 Å². The van der Waals surface area contributed by atoms with Crippen LogP contribution in [0, 0.1) is 6.92 Å². The average Bonchev–Trinajstić information content (AvgIpc) is 2.28. The third-order valence-corrected chi connectivity index (χ3v) is 2.97. The molecule has 0 bridgehead atoms. The lowest BCUT2D eigenvalue weighted by atomic mass is 9.91. The van der Waals surface area contributed by atoms with Gasteiger partial charge in [-0.3, -0.25) is 9.98 Å². The molecule has 0 amide bonds. The minimum Gasteiger partial charge on any atom is -0.288 e. The predicted molar refractivity (Wildman–Crippen MR) is 75.0 cm³/mol. The Bertz CT molecular complexity index is 494. The molecule has 0 saturated carbocycles. The van der Waals surface area contributed by atoms with Crippen molar-refractivity contribution in [2.75, 3.05) is 7.05 Å². The van der Waals surface area contributed by atoms with Gasteiger partial charge < -0.3 is 0 Å². The molecule has 98 valence electrons. The molecule has 0 unspecified atom stereocenters. The quantitative estimate of drug-likeness (QED) is 0.743. The monoisotopic (exact) mass is 248 g/mol. The van der Waals surface area contributed by atoms with Crippen molar-refractivity contribution in [3.8, 4) is 0 Å². The van der Waals surface area contributed by atoms with Crippen LogP contribution in [0.4, 0.5) is 4.39 Å². The van der Waals surface area contributed by atoms with Crippen LogP contribution in [0.5, 0.6) is 0 Å². The lowest BCUT2D eigenvalue weighted by molar-refractivity contribution is 0.220. The summed E-state index contributed by atoms with van der Waals surface area (Å²) in [4.78, 5) is 8.49. The molecule has 2 nitrogen and oxygen atoms in total. The molecule has 1 aromatic rings. The van der Waals surface area contributed by atoms with Crippen LogP contribution in [0.1, 0.15) is 44.5 Å². The van der Waals surface area contributed by atoms with Gasteiger partial charge in [0.05, 0.1) is 5.71 Å². The normalized spacial score (nSPS) is 13.9. The van der Waals surface area contributed by atoms with Gasteiger partial charge >= 0.3 is 0 Å². The van der Waals surface area contributed by atoms with E-state index in [0.717, 1.165) is 22.5 Å². The molecule has 1 aromatic heterocycles. The first-order valence-corrected chi connectivity index (χ1v) is 6.07. The summed E-state index contributed by atoms with van der Waals surface area (Å²) in [7, 11) is 1.73. The third kappa shape index (κ3) is 3.03. The fourth-order valence-electron chi connectivity index (χ4n) is 1.88. The van der Waals surface area contributed by atoms with Gasteiger partial charge in [-0.05, 0) is 46.3 Å². The van der Waals surface area contributed by atoms with Gasteiger partial charge in [-0.1, -0.05) is 6.08 Å². The molecule has 0 spiro atoms. The summed E-state index contributed by atoms with van der Waals surface area (Å²) >= 11 is 0. The van der Waals surface area contributed by atoms with E-state index < -0.39 is 5.67 Å². The van der Waals surface area contributed by atoms with E-state index in [4.69, 9.17) is 0 Å². The van der Waals surface area contributed by atoms with Crippen LogP contribution < -0.4 is 0 Å². The molecular formula is C15H21FN2. The van der Waals surface area contributed by atoms with Crippen LogP contribution in [0.2, 0.25) is 0 Å². The van der Waals surface area contributed by atoms with Crippen molar-refractivity contribution in [2.24, 2.45) is 4.99 Å². The summed E-state index contributed by atoms with van der Waals surface area (Å²) in [6.07, 6.45) is 3.59. The van der Waals surface area contributed by atoms with Gasteiger partial charge in [0.15, 0.2) is 0 Å². The van der Waals surface area contributed by atoms with Crippen LogP contribution in [0.3, 0.4) is 0 Å². The van der Waals surface area contributed by atoms with Gasteiger partial charge in [-0.15, -0.1) is 0 Å². The van der Waals surface area contributed by atoms with Crippen molar-refractivity contribution >= 4 is 5.71 Å². The van der Waals surface area contributed by atoms with E-state index in [2.05, 4.69) is 9.98 Å². The highest BCUT2D eigenvalue weighted by atomic mass is 19.1. The van der Waals surface area contributed by atoms with E-state index in [-0.39, 0.29) is 0 Å². The first-order chi connectivity index (χ1) is 8.31. The highest BCUT2D eigenvalue weighted by Crippen LogP contribution is 2.29. The van der Waals surface area contributed by atoms with E-state index in [1.54, 1.807) is 27.1 Å². The molecule has 0 radical (unpaired) electrons. The number of aryl methyl sites for hydroxylation is 1. The Balaban J connectivity index is 3.52. The van der Waals surface area contributed by atoms with Crippen molar-refractivity contribution in [1.82, 2.24) is 4.98 Å². The topological polar surface area (TPSA) is 25.2 Å². The minimum atomic E-state index is -1.43. The SMILES string of the molecule is C/C=C(/C)C(=NC)c1cc(C)ncc1C(C)(C)F. The van der Waals surface area contributed by atoms with Crippen LogP contribution >= 0.6 is 0 Å². The van der Waals surface area contributed by atoms with Crippen molar-refractivity contribution in [3.63, 3.8) is 0 Å². The molecule has 3 heteroatoms. The molecular weight excluding hydrogens is 227 g/mol. The summed E-state index contributed by atoms with van der Waals surface area (Å²) in [6, 6.07) is 1.89. The zero-order valence-electron chi connectivity index (χ0n) is 12.0. The second-order valence-electron chi connectivity index (χ2n) is 4.89. The summed E-state index contributed by atoms with van der Waals surface area (Å²) < 4.78 is 14.3. The van der Waals surface area contributed by atoms with E-state index in [1.807, 2.05) is 32.9 Å². The van der Waals surface area contributed by atoms with Crippen molar-refractivity contribution < 1.29 is 4.39 Å². The molecule has 0 aliphatic carbocycles. The van der Waals surface area contributed by atoms with Crippen LogP contribution in [-0.2, 0) is 5.67 Å². The number of aliphatic imine (C=N–C) groups is 1. The molecule has 0 atom stereocenters. The Morgan fingerprint density at radius 1 is 1.44 bits per heavy atom. The fraction of sp³-hybridized carbons (Fsp3) is 0.467. The Morgan fingerprint density at radius 3 is 2.50 bits per heavy atom. The number of hydrogen-bond acceptors (Lipinski definition) is 2. The van der Waals surface area contributed by atoms with Gasteiger partial charge in [-0.25, -0.2) is 4.39 Å². The summed E-state index contributed by atoms with van der Waals surface area (Å²) in [5.74, 6) is 0. The number of halogens is 1. The van der Waals surface area contributed by atoms with Gasteiger partial charge in [-0.2, -0.15) is 0 Å². The second kappa shape index (κ2) is 5.42. The first-order valence-electron chi connectivity index (χ1n) is 6.07. The molecule has 18 heavy (non-hydrogen) atoms. The highest BCUT2D eigenvalue weighted by Gasteiger charge is 2.25. The number of aromatic nitrogens is 1. The maximum Gasteiger partial charge on any atom is 0.132 e. The summed E-state index contributed by atoms with van der Waals surface area (Å²) in [5.41, 5.74) is 2.70. The number of alkyl halides is 1. The Labute approximate surface area is 109 Å². The number of hydrogen-bond donors (Lipinski definition) is 0. The summed E-state index contributed by atoms with van der Waals surface area (Å²) in [6.45, 7) is 8.92. The molecule has 0 saturated heterocycles. The van der Waals surface area contributed by atoms with Crippen LogP contribution in [-0.4, -0.2) is 17.7 Å². The lowest BCUT2D eigenvalue weighted by Gasteiger charge is -2.20. The second-order valence-corrected chi connectivity index (χ2v) is 4.89. The maximum atomic E-state index is 14.3. The smallest absolute Gasteiger partial charge is 0.132 e. The number of allylic oxidation sites excluding steroid dienone is 2. The Morgan fingerprint density at radius 2 is 2.06 bits per heavy atom. The first kappa shape index (κ1) is 14.6. The maximum absolute atomic E-state index is 14.3. The van der Waals surface area contributed by atoms with E-state index in [1.165, 1.54) is 0 Å². The van der Waals surface area contributed by atoms with Crippen LogP contribution in [0.15, 0.2) is 28.9 Å². The van der Waals surface area contributed by atoms with E-state index >= 15 is 0 Å². The zero-order valence-corrected chi connectivity index (χ0v) is 12.0. The molecule has 0 aliphatic heterocycles. The zero-order chi connectivity index (χ0) is 13.9. The molecule has 1 rings (SSSR count). The van der Waals surface area contributed by atoms with Crippen molar-refractivity contribution in [3.05, 3.63) is 40.7 Å². The predicted octanol–water partition coefficient (Wildman–Crippen LogP) is 3.98. The number of nitrogens with zero attached hydrogens (tertiary/aromatic N) is 2. The molecule has 1 heterocycles. The average molecular weight is 248 g/mol. The van der Waals surface area contributed by atoms with E-state index in [9.17, 15) is 4.39 Å². The Kier molecular flexibility index (Phi) is 4.38.